The van der Waals surface area contributed by atoms with Crippen molar-refractivity contribution in [3.63, 3.8) is 0 Å². The van der Waals surface area contributed by atoms with E-state index in [0.717, 1.165) is 44.4 Å². The fourth-order valence-electron chi connectivity index (χ4n) is 6.88. The SMILES string of the molecule is c1ccc(-c2nc(-c3ccccc3-n3c4ccccc4c4ccc5c6ccccc6sc5c43)c3c(n2)oc2ccccc23)cc1. The lowest BCUT2D eigenvalue weighted by atomic mass is 10.0. The number of thiophene rings is 1. The molecule has 10 aromatic rings. The van der Waals surface area contributed by atoms with E-state index in [1.165, 1.54) is 36.5 Å². The number of rotatable bonds is 3. The van der Waals surface area contributed by atoms with Crippen LogP contribution in [0.2, 0.25) is 0 Å². The van der Waals surface area contributed by atoms with E-state index in [1.54, 1.807) is 0 Å². The summed E-state index contributed by atoms with van der Waals surface area (Å²) in [4.78, 5) is 10.3. The Morgan fingerprint density at radius 3 is 2.18 bits per heavy atom. The molecule has 0 saturated heterocycles. The number of aromatic nitrogens is 3. The van der Waals surface area contributed by atoms with Crippen molar-refractivity contribution in [2.45, 2.75) is 0 Å². The van der Waals surface area contributed by atoms with Crippen molar-refractivity contribution in [1.29, 1.82) is 0 Å². The summed E-state index contributed by atoms with van der Waals surface area (Å²) in [5, 5.41) is 6.97. The van der Waals surface area contributed by atoms with Crippen molar-refractivity contribution >= 4 is 75.4 Å². The minimum absolute atomic E-state index is 0.587. The maximum atomic E-state index is 6.38. The zero-order valence-corrected chi connectivity index (χ0v) is 24.8. The van der Waals surface area contributed by atoms with Crippen molar-refractivity contribution in [1.82, 2.24) is 14.5 Å². The Labute approximate surface area is 261 Å². The van der Waals surface area contributed by atoms with Gasteiger partial charge in [-0.15, -0.1) is 11.3 Å². The second-order valence-electron chi connectivity index (χ2n) is 11.3. The number of hydrogen-bond acceptors (Lipinski definition) is 4. The molecular formula is C40H23N3OS. The molecule has 0 amide bonds. The lowest BCUT2D eigenvalue weighted by molar-refractivity contribution is 0.653. The third-order valence-corrected chi connectivity index (χ3v) is 10.0. The van der Waals surface area contributed by atoms with Crippen molar-refractivity contribution in [3.8, 4) is 28.3 Å². The van der Waals surface area contributed by atoms with Crippen molar-refractivity contribution < 1.29 is 4.42 Å². The van der Waals surface area contributed by atoms with Gasteiger partial charge >= 0.3 is 0 Å². The monoisotopic (exact) mass is 593 g/mol. The van der Waals surface area contributed by atoms with Crippen LogP contribution in [0.4, 0.5) is 0 Å². The molecule has 210 valence electrons. The number of furan rings is 1. The normalized spacial score (nSPS) is 12.0. The third kappa shape index (κ3) is 3.53. The van der Waals surface area contributed by atoms with Gasteiger partial charge in [0.05, 0.1) is 32.5 Å². The van der Waals surface area contributed by atoms with Gasteiger partial charge in [0.25, 0.3) is 0 Å². The van der Waals surface area contributed by atoms with E-state index in [4.69, 9.17) is 14.4 Å². The third-order valence-electron chi connectivity index (χ3n) is 8.85. The lowest BCUT2D eigenvalue weighted by Gasteiger charge is -2.15. The predicted molar refractivity (Wildman–Crippen MR) is 187 cm³/mol. The zero-order chi connectivity index (χ0) is 29.5. The van der Waals surface area contributed by atoms with Crippen LogP contribution in [0.15, 0.2) is 144 Å². The van der Waals surface area contributed by atoms with Gasteiger partial charge in [0, 0.05) is 42.8 Å². The van der Waals surface area contributed by atoms with Gasteiger partial charge in [-0.3, -0.25) is 0 Å². The molecule has 5 heteroatoms. The highest BCUT2D eigenvalue weighted by Crippen LogP contribution is 2.45. The van der Waals surface area contributed by atoms with E-state index in [9.17, 15) is 0 Å². The molecular weight excluding hydrogens is 571 g/mol. The zero-order valence-electron chi connectivity index (χ0n) is 23.9. The van der Waals surface area contributed by atoms with Crippen molar-refractivity contribution in [2.75, 3.05) is 0 Å². The van der Waals surface area contributed by atoms with Gasteiger partial charge in [0.15, 0.2) is 5.82 Å². The Morgan fingerprint density at radius 1 is 0.556 bits per heavy atom. The molecule has 0 bridgehead atoms. The molecule has 0 N–H and O–H groups in total. The van der Waals surface area contributed by atoms with Gasteiger partial charge in [-0.05, 0) is 24.3 Å². The minimum Gasteiger partial charge on any atom is -0.438 e. The average Bonchev–Trinajstić information content (AvgIpc) is 3.78. The first-order valence-corrected chi connectivity index (χ1v) is 15.8. The first-order valence-electron chi connectivity index (χ1n) is 15.0. The molecule has 6 aromatic carbocycles. The number of benzene rings is 6. The summed E-state index contributed by atoms with van der Waals surface area (Å²) in [5.41, 5.74) is 7.66. The fourth-order valence-corrected chi connectivity index (χ4v) is 8.12. The summed E-state index contributed by atoms with van der Waals surface area (Å²) in [6, 6.07) is 48.9. The second-order valence-corrected chi connectivity index (χ2v) is 12.4. The van der Waals surface area contributed by atoms with Crippen LogP contribution < -0.4 is 0 Å². The summed E-state index contributed by atoms with van der Waals surface area (Å²) >= 11 is 1.86. The van der Waals surface area contributed by atoms with Crippen LogP contribution in [0.25, 0.3) is 92.4 Å². The Hall–Kier alpha value is -5.78. The molecule has 0 saturated carbocycles. The molecule has 0 unspecified atom stereocenters. The molecule has 45 heavy (non-hydrogen) atoms. The van der Waals surface area contributed by atoms with Gasteiger partial charge in [-0.25, -0.2) is 4.98 Å². The molecule has 0 atom stereocenters. The smallest absolute Gasteiger partial charge is 0.231 e. The van der Waals surface area contributed by atoms with E-state index in [1.807, 2.05) is 59.9 Å². The van der Waals surface area contributed by atoms with Crippen LogP contribution in [-0.4, -0.2) is 14.5 Å². The molecule has 4 heterocycles. The summed E-state index contributed by atoms with van der Waals surface area (Å²) in [7, 11) is 0. The first kappa shape index (κ1) is 24.6. The van der Waals surface area contributed by atoms with Crippen LogP contribution in [0.5, 0.6) is 0 Å². The summed E-state index contributed by atoms with van der Waals surface area (Å²) < 4.78 is 11.4. The number of para-hydroxylation sites is 3. The summed E-state index contributed by atoms with van der Waals surface area (Å²) in [5.74, 6) is 0.640. The number of nitrogens with zero attached hydrogens (tertiary/aromatic N) is 3. The first-order chi connectivity index (χ1) is 22.3. The summed E-state index contributed by atoms with van der Waals surface area (Å²) in [6.07, 6.45) is 0. The average molecular weight is 594 g/mol. The number of hydrogen-bond donors (Lipinski definition) is 0. The Balaban J connectivity index is 1.37. The fraction of sp³-hybridized carbons (Fsp3) is 0. The van der Waals surface area contributed by atoms with Gasteiger partial charge in [-0.1, -0.05) is 115 Å². The van der Waals surface area contributed by atoms with Gasteiger partial charge in [0.2, 0.25) is 5.71 Å². The van der Waals surface area contributed by atoms with Crippen LogP contribution in [0, 0.1) is 0 Å². The maximum Gasteiger partial charge on any atom is 0.231 e. The molecule has 0 spiro atoms. The van der Waals surface area contributed by atoms with Crippen LogP contribution in [0.1, 0.15) is 0 Å². The van der Waals surface area contributed by atoms with E-state index in [-0.39, 0.29) is 0 Å². The van der Waals surface area contributed by atoms with Crippen LogP contribution in [0.3, 0.4) is 0 Å². The Morgan fingerprint density at radius 2 is 1.27 bits per heavy atom. The Bertz CT molecular complexity index is 2770. The molecule has 4 nitrogen and oxygen atoms in total. The maximum absolute atomic E-state index is 6.38. The van der Waals surface area contributed by atoms with Crippen LogP contribution >= 0.6 is 11.3 Å². The van der Waals surface area contributed by atoms with Gasteiger partial charge < -0.3 is 8.98 Å². The second kappa shape index (κ2) is 9.36. The van der Waals surface area contributed by atoms with E-state index < -0.39 is 0 Å². The Kier molecular flexibility index (Phi) is 5.12. The largest absolute Gasteiger partial charge is 0.438 e. The topological polar surface area (TPSA) is 43.9 Å². The highest BCUT2D eigenvalue weighted by molar-refractivity contribution is 7.26. The minimum atomic E-state index is 0.587. The molecule has 4 aromatic heterocycles. The van der Waals surface area contributed by atoms with E-state index in [0.29, 0.717) is 11.5 Å². The summed E-state index contributed by atoms with van der Waals surface area (Å²) in [6.45, 7) is 0. The molecule has 0 aliphatic carbocycles. The van der Waals surface area contributed by atoms with Crippen LogP contribution in [-0.2, 0) is 0 Å². The van der Waals surface area contributed by atoms with Gasteiger partial charge in [0.1, 0.15) is 5.58 Å². The quantitative estimate of drug-likeness (QED) is 0.205. The highest BCUT2D eigenvalue weighted by Gasteiger charge is 2.23. The molecule has 0 fully saturated rings. The standard InChI is InChI=1S/C40H23N3OS/c1-2-12-24(13-3-1)39-41-36(35-30-17-6-10-20-33(30)44-40(35)42-39)29-16-5-9-19-32(29)43-31-18-8-4-14-25(31)27-22-23-28-26-15-7-11-21-34(26)45-38(28)37(27)43/h1-23H. The number of fused-ring (bicyclic) bond motifs is 10. The van der Waals surface area contributed by atoms with E-state index in [2.05, 4.69) is 95.6 Å². The van der Waals surface area contributed by atoms with Crippen molar-refractivity contribution in [3.05, 3.63) is 140 Å². The van der Waals surface area contributed by atoms with E-state index >= 15 is 0 Å². The molecule has 10 rings (SSSR count). The lowest BCUT2D eigenvalue weighted by Crippen LogP contribution is -2.00. The predicted octanol–water partition coefficient (Wildman–Crippen LogP) is 11.2. The van der Waals surface area contributed by atoms with Gasteiger partial charge in [-0.2, -0.15) is 4.98 Å². The molecule has 0 radical (unpaired) electrons. The highest BCUT2D eigenvalue weighted by atomic mass is 32.1. The molecule has 0 aliphatic rings. The molecule has 0 aliphatic heterocycles. The van der Waals surface area contributed by atoms with Crippen molar-refractivity contribution in [2.24, 2.45) is 0 Å².